The predicted molar refractivity (Wildman–Crippen MR) is 179 cm³/mol. The molecule has 2 N–H and O–H groups in total. The number of benzene rings is 1. The fourth-order valence-corrected chi connectivity index (χ4v) is 7.84. The van der Waals surface area contributed by atoms with Crippen LogP contribution in [0.2, 0.25) is 0 Å². The second kappa shape index (κ2) is 13.4. The van der Waals surface area contributed by atoms with Crippen molar-refractivity contribution in [1.82, 2.24) is 20.1 Å². The van der Waals surface area contributed by atoms with E-state index < -0.39 is 46.9 Å². The van der Waals surface area contributed by atoms with Gasteiger partial charge in [-0.15, -0.1) is 0 Å². The van der Waals surface area contributed by atoms with Gasteiger partial charge in [0.1, 0.15) is 28.6 Å². The number of rotatable bonds is 5. The molecular formula is C37H46N4O8. The molecular weight excluding hydrogens is 628 g/mol. The lowest BCUT2D eigenvalue weighted by molar-refractivity contribution is -0.159. The number of amides is 3. The number of hydrogen-bond acceptors (Lipinski definition) is 8. The number of nitrogens with one attached hydrogen (secondary N) is 1. The van der Waals surface area contributed by atoms with E-state index in [1.165, 1.54) is 7.11 Å². The smallest absolute Gasteiger partial charge is 0.330 e. The molecule has 12 heteroatoms. The average Bonchev–Trinajstić information content (AvgIpc) is 3.40. The highest BCUT2D eigenvalue weighted by Gasteiger charge is 2.62. The van der Waals surface area contributed by atoms with Gasteiger partial charge in [-0.3, -0.25) is 19.2 Å². The largest absolute Gasteiger partial charge is 0.496 e. The first-order valence-electron chi connectivity index (χ1n) is 17.3. The van der Waals surface area contributed by atoms with Crippen LogP contribution in [0.3, 0.4) is 0 Å². The van der Waals surface area contributed by atoms with E-state index in [-0.39, 0.29) is 55.3 Å². The Morgan fingerprint density at radius 1 is 1.08 bits per heavy atom. The van der Waals surface area contributed by atoms with Gasteiger partial charge in [0, 0.05) is 54.8 Å². The Morgan fingerprint density at radius 3 is 2.59 bits per heavy atom. The number of hydrogen-bond donors (Lipinski definition) is 2. The molecule has 1 aliphatic carbocycles. The number of carboxylic acids is 1. The van der Waals surface area contributed by atoms with Crippen LogP contribution in [0, 0.1) is 23.7 Å². The number of pyridine rings is 1. The Morgan fingerprint density at radius 2 is 1.86 bits per heavy atom. The number of carbonyl (C=O) groups excluding carboxylic acids is 4. The Balaban J connectivity index is 1.30. The van der Waals surface area contributed by atoms with Crippen molar-refractivity contribution in [3.8, 4) is 5.75 Å². The normalized spacial score (nSPS) is 29.5. The third kappa shape index (κ3) is 7.00. The van der Waals surface area contributed by atoms with Gasteiger partial charge in [-0.05, 0) is 58.6 Å². The van der Waals surface area contributed by atoms with Crippen LogP contribution in [0.5, 0.6) is 5.75 Å². The maximum atomic E-state index is 14.4. The zero-order valence-electron chi connectivity index (χ0n) is 28.6. The lowest BCUT2D eigenvalue weighted by Gasteiger charge is -2.32. The van der Waals surface area contributed by atoms with Crippen molar-refractivity contribution >= 4 is 40.6 Å². The number of aliphatic carboxylic acids is 1. The zero-order valence-corrected chi connectivity index (χ0v) is 28.6. The standard InChI is InChI=1S/C37H46N4O8/c1-36(2,3)49-30(42)16-22-12-8-6-5-7-9-13-24-18-37(24,35(46)47)39-32(43)31-26-21-40(19-23(26)20-41(31)33(22)44)34(45)28-17-29(48-4)25-14-10-11-15-27(25)38-28/h9-11,13-15,17,22-24,26,31H,5-8,12,16,18-21H2,1-4H3,(H,39,43)(H,46,47)/b13-9-/t22-,23-,24+,26-,31-,37+/m0/s1. The molecule has 0 radical (unpaired) electrons. The average molecular weight is 675 g/mol. The molecule has 1 aromatic heterocycles. The number of likely N-dealkylation sites (tertiary alicyclic amines) is 1. The van der Waals surface area contributed by atoms with E-state index in [0.29, 0.717) is 24.2 Å². The van der Waals surface area contributed by atoms with E-state index in [2.05, 4.69) is 10.3 Å². The first-order chi connectivity index (χ1) is 23.3. The van der Waals surface area contributed by atoms with Crippen LogP contribution >= 0.6 is 0 Å². The molecule has 3 fully saturated rings. The van der Waals surface area contributed by atoms with Gasteiger partial charge in [0.15, 0.2) is 0 Å². The first kappa shape index (κ1) is 34.4. The minimum Gasteiger partial charge on any atom is -0.496 e. The second-order valence-electron chi connectivity index (χ2n) is 14.9. The number of para-hydroxylation sites is 1. The summed E-state index contributed by atoms with van der Waals surface area (Å²) in [4.78, 5) is 75.8. The van der Waals surface area contributed by atoms with Crippen molar-refractivity contribution in [2.45, 2.75) is 82.9 Å². The summed E-state index contributed by atoms with van der Waals surface area (Å²) in [5, 5.41) is 13.8. The summed E-state index contributed by atoms with van der Waals surface area (Å²) in [7, 11) is 1.54. The van der Waals surface area contributed by atoms with E-state index in [1.807, 2.05) is 36.4 Å². The quantitative estimate of drug-likeness (QED) is 0.354. The fraction of sp³-hybridized carbons (Fsp3) is 0.568. The molecule has 6 rings (SSSR count). The van der Waals surface area contributed by atoms with Crippen LogP contribution < -0.4 is 10.1 Å². The maximum absolute atomic E-state index is 14.4. The van der Waals surface area contributed by atoms with Gasteiger partial charge in [0.05, 0.1) is 19.0 Å². The van der Waals surface area contributed by atoms with Gasteiger partial charge in [0.2, 0.25) is 11.8 Å². The van der Waals surface area contributed by atoms with Crippen LogP contribution in [0.15, 0.2) is 42.5 Å². The SMILES string of the molecule is COc1cc(C(=O)N2C[C@H]3CN4C(=O)[C@H](CC(=O)OC(C)(C)C)CCCCC/C=C\[C@@H]5C[C@@]5(C(=O)O)NC(=O)[C@@H]4[C@H]3C2)nc2ccccc12. The topological polar surface area (TPSA) is 155 Å². The number of aromatic nitrogens is 1. The number of ether oxygens (including phenoxy) is 2. The summed E-state index contributed by atoms with van der Waals surface area (Å²) in [6.45, 7) is 6.01. The van der Waals surface area contributed by atoms with Gasteiger partial charge in [0.25, 0.3) is 5.91 Å². The Kier molecular flexibility index (Phi) is 9.43. The molecule has 0 unspecified atom stereocenters. The first-order valence-corrected chi connectivity index (χ1v) is 17.3. The molecule has 2 aromatic rings. The molecule has 0 spiro atoms. The number of allylic oxidation sites excluding steroid dienone is 1. The second-order valence-corrected chi connectivity index (χ2v) is 14.9. The molecule has 4 aliphatic rings. The molecule has 4 heterocycles. The zero-order chi connectivity index (χ0) is 35.1. The lowest BCUT2D eigenvalue weighted by Crippen LogP contribution is -2.56. The molecule has 262 valence electrons. The van der Waals surface area contributed by atoms with E-state index in [4.69, 9.17) is 9.47 Å². The summed E-state index contributed by atoms with van der Waals surface area (Å²) in [6.07, 6.45) is 7.64. The molecule has 1 saturated carbocycles. The van der Waals surface area contributed by atoms with E-state index >= 15 is 0 Å². The number of methoxy groups -OCH3 is 1. The number of fused-ring (bicyclic) bond motifs is 5. The molecule has 3 amide bonds. The minimum absolute atomic E-state index is 0.114. The lowest BCUT2D eigenvalue weighted by atomic mass is 9.92. The third-order valence-electron chi connectivity index (χ3n) is 10.3. The van der Waals surface area contributed by atoms with Crippen molar-refractivity contribution in [3.05, 3.63) is 48.2 Å². The summed E-state index contributed by atoms with van der Waals surface area (Å²) < 4.78 is 11.1. The van der Waals surface area contributed by atoms with Gasteiger partial charge < -0.3 is 29.7 Å². The molecule has 12 nitrogen and oxygen atoms in total. The summed E-state index contributed by atoms with van der Waals surface area (Å²) >= 11 is 0. The molecule has 49 heavy (non-hydrogen) atoms. The Bertz CT molecular complexity index is 1680. The third-order valence-corrected chi connectivity index (χ3v) is 10.3. The van der Waals surface area contributed by atoms with Crippen LogP contribution in [-0.2, 0) is 23.9 Å². The highest BCUT2D eigenvalue weighted by molar-refractivity contribution is 5.98. The Hall–Kier alpha value is -4.48. The minimum atomic E-state index is -1.45. The maximum Gasteiger partial charge on any atom is 0.330 e. The van der Waals surface area contributed by atoms with Crippen LogP contribution in [0.1, 0.15) is 76.2 Å². The molecule has 0 bridgehead atoms. The highest BCUT2D eigenvalue weighted by Crippen LogP contribution is 2.46. The van der Waals surface area contributed by atoms with Crippen LogP contribution in [0.4, 0.5) is 0 Å². The number of carboxylic acid groups (broad SMARTS) is 1. The summed E-state index contributed by atoms with van der Waals surface area (Å²) in [5.41, 5.74) is -1.34. The fourth-order valence-electron chi connectivity index (χ4n) is 7.84. The van der Waals surface area contributed by atoms with Crippen LogP contribution in [-0.4, -0.2) is 93.5 Å². The predicted octanol–water partition coefficient (Wildman–Crippen LogP) is 3.97. The Labute approximate surface area is 286 Å². The number of nitrogens with zero attached hydrogens (tertiary/aromatic N) is 3. The molecule has 1 aromatic carbocycles. The number of carbonyl (C=O) groups is 5. The van der Waals surface area contributed by atoms with Gasteiger partial charge in [-0.25, -0.2) is 9.78 Å². The van der Waals surface area contributed by atoms with Gasteiger partial charge in [-0.1, -0.05) is 37.1 Å². The number of esters is 1. The van der Waals surface area contributed by atoms with Crippen LogP contribution in [0.25, 0.3) is 10.9 Å². The van der Waals surface area contributed by atoms with Gasteiger partial charge >= 0.3 is 11.9 Å². The highest BCUT2D eigenvalue weighted by atomic mass is 16.6. The van der Waals surface area contributed by atoms with Crippen molar-refractivity contribution < 1.29 is 38.6 Å². The molecule has 2 saturated heterocycles. The van der Waals surface area contributed by atoms with Crippen molar-refractivity contribution in [3.63, 3.8) is 0 Å². The van der Waals surface area contributed by atoms with E-state index in [0.717, 1.165) is 31.1 Å². The summed E-state index contributed by atoms with van der Waals surface area (Å²) in [5.74, 6) is -3.97. The van der Waals surface area contributed by atoms with Crippen molar-refractivity contribution in [2.75, 3.05) is 26.7 Å². The monoisotopic (exact) mass is 674 g/mol. The van der Waals surface area contributed by atoms with E-state index in [9.17, 15) is 29.1 Å². The van der Waals surface area contributed by atoms with Gasteiger partial charge in [-0.2, -0.15) is 0 Å². The summed E-state index contributed by atoms with van der Waals surface area (Å²) in [6, 6.07) is 7.99. The van der Waals surface area contributed by atoms with Crippen molar-refractivity contribution in [2.24, 2.45) is 23.7 Å². The molecule has 3 aliphatic heterocycles. The molecule has 6 atom stereocenters. The van der Waals surface area contributed by atoms with Crippen molar-refractivity contribution in [1.29, 1.82) is 0 Å². The van der Waals surface area contributed by atoms with E-state index in [1.54, 1.807) is 36.6 Å².